The molecule has 1 heterocycles. The van der Waals surface area contributed by atoms with E-state index in [4.69, 9.17) is 0 Å². The van der Waals surface area contributed by atoms with Crippen LogP contribution in [0.2, 0.25) is 0 Å². The van der Waals surface area contributed by atoms with E-state index in [2.05, 4.69) is 9.71 Å². The molecule has 0 saturated carbocycles. The SMILES string of the molecule is Cc1ccc2cccc(S(=O)(=O)Nc3ccc([N+](=O)[O-])cc3)c2n1. The Balaban J connectivity index is 2.02. The highest BCUT2D eigenvalue weighted by Gasteiger charge is 2.19. The number of nitro benzene ring substituents is 1. The summed E-state index contributed by atoms with van der Waals surface area (Å²) in [5.41, 5.74) is 1.22. The molecular weight excluding hydrogens is 330 g/mol. The highest BCUT2D eigenvalue weighted by atomic mass is 32.2. The first-order valence-electron chi connectivity index (χ1n) is 7.00. The number of hydrogen-bond acceptors (Lipinski definition) is 5. The number of nitrogens with zero attached hydrogens (tertiary/aromatic N) is 2. The average molecular weight is 343 g/mol. The monoisotopic (exact) mass is 343 g/mol. The first-order valence-corrected chi connectivity index (χ1v) is 8.49. The van der Waals surface area contributed by atoms with Gasteiger partial charge in [-0.15, -0.1) is 0 Å². The molecule has 24 heavy (non-hydrogen) atoms. The summed E-state index contributed by atoms with van der Waals surface area (Å²) in [7, 11) is -3.87. The molecule has 3 rings (SSSR count). The van der Waals surface area contributed by atoms with E-state index in [0.29, 0.717) is 16.6 Å². The van der Waals surface area contributed by atoms with Gasteiger partial charge in [0.15, 0.2) is 0 Å². The molecule has 0 radical (unpaired) electrons. The summed E-state index contributed by atoms with van der Waals surface area (Å²) < 4.78 is 27.7. The van der Waals surface area contributed by atoms with Crippen molar-refractivity contribution in [2.24, 2.45) is 0 Å². The summed E-state index contributed by atoms with van der Waals surface area (Å²) in [5, 5.41) is 11.4. The van der Waals surface area contributed by atoms with Crippen LogP contribution in [0, 0.1) is 17.0 Å². The molecule has 0 spiro atoms. The molecule has 8 heteroatoms. The van der Waals surface area contributed by atoms with Crippen LogP contribution in [-0.2, 0) is 10.0 Å². The molecule has 0 aliphatic carbocycles. The van der Waals surface area contributed by atoms with Crippen molar-refractivity contribution in [3.8, 4) is 0 Å². The van der Waals surface area contributed by atoms with Crippen molar-refractivity contribution in [1.82, 2.24) is 4.98 Å². The highest BCUT2D eigenvalue weighted by molar-refractivity contribution is 7.93. The second-order valence-electron chi connectivity index (χ2n) is 5.19. The van der Waals surface area contributed by atoms with Crippen LogP contribution in [0.3, 0.4) is 0 Å². The molecular formula is C16H13N3O4S. The van der Waals surface area contributed by atoms with Gasteiger partial charge in [0.25, 0.3) is 15.7 Å². The number of aromatic nitrogens is 1. The quantitative estimate of drug-likeness (QED) is 0.578. The van der Waals surface area contributed by atoms with Crippen molar-refractivity contribution in [3.63, 3.8) is 0 Å². The van der Waals surface area contributed by atoms with Gasteiger partial charge in [0.05, 0.1) is 10.4 Å². The molecule has 3 aromatic rings. The minimum atomic E-state index is -3.87. The minimum Gasteiger partial charge on any atom is -0.280 e. The third-order valence-corrected chi connectivity index (χ3v) is 4.86. The van der Waals surface area contributed by atoms with E-state index >= 15 is 0 Å². The molecule has 1 aromatic heterocycles. The summed E-state index contributed by atoms with van der Waals surface area (Å²) in [6.45, 7) is 1.78. The first kappa shape index (κ1) is 15.9. The Hall–Kier alpha value is -3.00. The fourth-order valence-electron chi connectivity index (χ4n) is 2.30. The third-order valence-electron chi connectivity index (χ3n) is 3.44. The predicted octanol–water partition coefficient (Wildman–Crippen LogP) is 3.25. The number of pyridine rings is 1. The number of benzene rings is 2. The van der Waals surface area contributed by atoms with Gasteiger partial charge in [-0.05, 0) is 31.2 Å². The van der Waals surface area contributed by atoms with Crippen LogP contribution in [0.4, 0.5) is 11.4 Å². The van der Waals surface area contributed by atoms with E-state index in [9.17, 15) is 18.5 Å². The molecule has 2 aromatic carbocycles. The average Bonchev–Trinajstić information content (AvgIpc) is 2.54. The molecule has 0 amide bonds. The maximum atomic E-state index is 12.7. The smallest absolute Gasteiger partial charge is 0.269 e. The van der Waals surface area contributed by atoms with Crippen LogP contribution >= 0.6 is 0 Å². The van der Waals surface area contributed by atoms with Gasteiger partial charge in [0.2, 0.25) is 0 Å². The maximum absolute atomic E-state index is 12.7. The Morgan fingerprint density at radius 3 is 2.42 bits per heavy atom. The summed E-state index contributed by atoms with van der Waals surface area (Å²) in [5.74, 6) is 0. The molecule has 0 saturated heterocycles. The lowest BCUT2D eigenvalue weighted by Crippen LogP contribution is -2.13. The first-order chi connectivity index (χ1) is 11.4. The zero-order valence-electron chi connectivity index (χ0n) is 12.6. The van der Waals surface area contributed by atoms with E-state index in [1.165, 1.54) is 30.3 Å². The molecule has 0 aliphatic rings. The number of sulfonamides is 1. The van der Waals surface area contributed by atoms with E-state index in [-0.39, 0.29) is 16.3 Å². The van der Waals surface area contributed by atoms with Crippen molar-refractivity contribution in [3.05, 3.63) is 70.4 Å². The second-order valence-corrected chi connectivity index (χ2v) is 6.84. The summed E-state index contributed by atoms with van der Waals surface area (Å²) in [6.07, 6.45) is 0. The van der Waals surface area contributed by atoms with Crippen molar-refractivity contribution in [1.29, 1.82) is 0 Å². The molecule has 0 unspecified atom stereocenters. The molecule has 122 valence electrons. The zero-order valence-corrected chi connectivity index (χ0v) is 13.4. The highest BCUT2D eigenvalue weighted by Crippen LogP contribution is 2.24. The van der Waals surface area contributed by atoms with Crippen LogP contribution in [-0.4, -0.2) is 18.3 Å². The van der Waals surface area contributed by atoms with Gasteiger partial charge in [0.1, 0.15) is 4.90 Å². The van der Waals surface area contributed by atoms with Gasteiger partial charge in [-0.1, -0.05) is 18.2 Å². The number of rotatable bonds is 4. The summed E-state index contributed by atoms with van der Waals surface area (Å²) in [6, 6.07) is 13.7. The van der Waals surface area contributed by atoms with E-state index in [1.807, 2.05) is 12.1 Å². The van der Waals surface area contributed by atoms with Crippen LogP contribution in [0.5, 0.6) is 0 Å². The lowest BCUT2D eigenvalue weighted by molar-refractivity contribution is -0.384. The number of para-hydroxylation sites is 1. The maximum Gasteiger partial charge on any atom is 0.269 e. The molecule has 0 fully saturated rings. The van der Waals surface area contributed by atoms with Crippen LogP contribution < -0.4 is 4.72 Å². The van der Waals surface area contributed by atoms with Gasteiger partial charge in [0, 0.05) is 28.9 Å². The number of fused-ring (bicyclic) bond motifs is 1. The second kappa shape index (κ2) is 5.89. The van der Waals surface area contributed by atoms with Gasteiger partial charge < -0.3 is 0 Å². The number of hydrogen-bond donors (Lipinski definition) is 1. The van der Waals surface area contributed by atoms with Gasteiger partial charge >= 0.3 is 0 Å². The number of nitrogens with one attached hydrogen (secondary N) is 1. The van der Waals surface area contributed by atoms with Crippen LogP contribution in [0.15, 0.2) is 59.5 Å². The number of aryl methyl sites for hydroxylation is 1. The Morgan fingerprint density at radius 2 is 1.75 bits per heavy atom. The Kier molecular flexibility index (Phi) is 3.90. The van der Waals surface area contributed by atoms with Crippen molar-refractivity contribution >= 4 is 32.3 Å². The zero-order chi connectivity index (χ0) is 17.3. The molecule has 0 atom stereocenters. The minimum absolute atomic E-state index is 0.0575. The van der Waals surface area contributed by atoms with Gasteiger partial charge in [-0.3, -0.25) is 19.8 Å². The third kappa shape index (κ3) is 3.04. The Labute approximate surface area is 138 Å². The van der Waals surface area contributed by atoms with E-state index in [0.717, 1.165) is 0 Å². The molecule has 7 nitrogen and oxygen atoms in total. The molecule has 0 aliphatic heterocycles. The normalized spacial score (nSPS) is 11.4. The van der Waals surface area contributed by atoms with E-state index in [1.54, 1.807) is 19.1 Å². The summed E-state index contributed by atoms with van der Waals surface area (Å²) in [4.78, 5) is 14.5. The fraction of sp³-hybridized carbons (Fsp3) is 0.0625. The fourth-order valence-corrected chi connectivity index (χ4v) is 3.53. The summed E-state index contributed by atoms with van der Waals surface area (Å²) >= 11 is 0. The van der Waals surface area contributed by atoms with Crippen molar-refractivity contribution < 1.29 is 13.3 Å². The number of nitro groups is 1. The standard InChI is InChI=1S/C16H13N3O4S/c1-11-5-6-12-3-2-4-15(16(12)17-11)24(22,23)18-13-7-9-14(10-8-13)19(20)21/h2-10,18H,1H3. The van der Waals surface area contributed by atoms with Crippen LogP contribution in [0.25, 0.3) is 10.9 Å². The van der Waals surface area contributed by atoms with Crippen molar-refractivity contribution in [2.75, 3.05) is 4.72 Å². The Bertz CT molecular complexity index is 1030. The predicted molar refractivity (Wildman–Crippen MR) is 90.4 cm³/mol. The lowest BCUT2D eigenvalue weighted by Gasteiger charge is -2.10. The van der Waals surface area contributed by atoms with E-state index < -0.39 is 14.9 Å². The number of anilines is 1. The Morgan fingerprint density at radius 1 is 1.04 bits per heavy atom. The largest absolute Gasteiger partial charge is 0.280 e. The van der Waals surface area contributed by atoms with Gasteiger partial charge in [-0.25, -0.2) is 8.42 Å². The lowest BCUT2D eigenvalue weighted by atomic mass is 10.2. The molecule has 1 N–H and O–H groups in total. The van der Waals surface area contributed by atoms with Gasteiger partial charge in [-0.2, -0.15) is 0 Å². The number of non-ortho nitro benzene ring substituents is 1. The van der Waals surface area contributed by atoms with Crippen LogP contribution in [0.1, 0.15) is 5.69 Å². The van der Waals surface area contributed by atoms with Crippen molar-refractivity contribution in [2.45, 2.75) is 11.8 Å². The topological polar surface area (TPSA) is 102 Å². The molecule has 0 bridgehead atoms.